The summed E-state index contributed by atoms with van der Waals surface area (Å²) in [5, 5.41) is 7.18. The fourth-order valence-corrected chi connectivity index (χ4v) is 3.08. The van der Waals surface area contributed by atoms with Gasteiger partial charge in [-0.3, -0.25) is 4.79 Å². The first-order valence-electron chi connectivity index (χ1n) is 9.48. The van der Waals surface area contributed by atoms with Crippen LogP contribution < -0.4 is 5.32 Å². The number of hydrogen-bond donors (Lipinski definition) is 1. The third-order valence-electron chi connectivity index (χ3n) is 4.75. The minimum absolute atomic E-state index is 0.117. The molecule has 0 aliphatic rings. The van der Waals surface area contributed by atoms with Gasteiger partial charge in [0.25, 0.3) is 11.8 Å². The van der Waals surface area contributed by atoms with Crippen molar-refractivity contribution < 1.29 is 9.32 Å². The predicted molar refractivity (Wildman–Crippen MR) is 110 cm³/mol. The zero-order valence-corrected chi connectivity index (χ0v) is 17.3. The molecule has 0 radical (unpaired) electrons. The maximum atomic E-state index is 13.0. The average Bonchev–Trinajstić information content (AvgIpc) is 3.14. The van der Waals surface area contributed by atoms with Crippen molar-refractivity contribution in [2.24, 2.45) is 0 Å². The van der Waals surface area contributed by atoms with E-state index < -0.39 is 0 Å². The molecule has 0 aliphatic carbocycles. The molecule has 0 saturated heterocycles. The SMILES string of the molecule is Cc1ccc(C)c(C(C)NC(=O)c2ccccc2-c2nc(C(C)(C)C)no2)c1. The van der Waals surface area contributed by atoms with E-state index in [9.17, 15) is 4.79 Å². The van der Waals surface area contributed by atoms with Crippen molar-refractivity contribution in [3.63, 3.8) is 0 Å². The van der Waals surface area contributed by atoms with Crippen molar-refractivity contribution in [1.82, 2.24) is 15.5 Å². The monoisotopic (exact) mass is 377 g/mol. The summed E-state index contributed by atoms with van der Waals surface area (Å²) in [6, 6.07) is 13.5. The van der Waals surface area contributed by atoms with Crippen molar-refractivity contribution in [1.29, 1.82) is 0 Å². The van der Waals surface area contributed by atoms with E-state index in [1.165, 1.54) is 5.56 Å². The van der Waals surface area contributed by atoms with Crippen LogP contribution in [0.15, 0.2) is 47.0 Å². The highest BCUT2D eigenvalue weighted by Crippen LogP contribution is 2.27. The molecule has 5 heteroatoms. The van der Waals surface area contributed by atoms with E-state index in [-0.39, 0.29) is 17.4 Å². The van der Waals surface area contributed by atoms with Crippen molar-refractivity contribution in [2.75, 3.05) is 0 Å². The lowest BCUT2D eigenvalue weighted by Gasteiger charge is -2.18. The van der Waals surface area contributed by atoms with Crippen molar-refractivity contribution in [3.8, 4) is 11.5 Å². The molecule has 28 heavy (non-hydrogen) atoms. The number of benzene rings is 2. The fourth-order valence-electron chi connectivity index (χ4n) is 3.08. The zero-order valence-electron chi connectivity index (χ0n) is 17.3. The summed E-state index contributed by atoms with van der Waals surface area (Å²) in [4.78, 5) is 17.5. The molecule has 1 amide bonds. The predicted octanol–water partition coefficient (Wildman–Crippen LogP) is 5.14. The fraction of sp³-hybridized carbons (Fsp3) is 0.348. The van der Waals surface area contributed by atoms with Crippen LogP contribution >= 0.6 is 0 Å². The third-order valence-corrected chi connectivity index (χ3v) is 4.75. The molecule has 1 N–H and O–H groups in total. The average molecular weight is 377 g/mol. The molecule has 1 heterocycles. The quantitative estimate of drug-likeness (QED) is 0.683. The van der Waals surface area contributed by atoms with Gasteiger partial charge in [-0.2, -0.15) is 4.98 Å². The number of carbonyl (C=O) groups excluding carboxylic acids is 1. The highest BCUT2D eigenvalue weighted by Gasteiger charge is 2.24. The Hall–Kier alpha value is -2.95. The van der Waals surface area contributed by atoms with E-state index >= 15 is 0 Å². The van der Waals surface area contributed by atoms with Gasteiger partial charge in [0, 0.05) is 5.41 Å². The van der Waals surface area contributed by atoms with Crippen molar-refractivity contribution >= 4 is 5.91 Å². The van der Waals surface area contributed by atoms with Crippen LogP contribution in [0.4, 0.5) is 0 Å². The Bertz CT molecular complexity index is 999. The van der Waals surface area contributed by atoms with Crippen LogP contribution in [-0.4, -0.2) is 16.0 Å². The van der Waals surface area contributed by atoms with E-state index in [2.05, 4.69) is 47.5 Å². The number of nitrogens with zero attached hydrogens (tertiary/aromatic N) is 2. The first-order valence-corrected chi connectivity index (χ1v) is 9.48. The summed E-state index contributed by atoms with van der Waals surface area (Å²) < 4.78 is 5.45. The highest BCUT2D eigenvalue weighted by molar-refractivity contribution is 6.00. The Labute approximate surface area is 166 Å². The molecular formula is C23H27N3O2. The van der Waals surface area contributed by atoms with Crippen molar-refractivity contribution in [2.45, 2.75) is 53.0 Å². The molecule has 146 valence electrons. The van der Waals surface area contributed by atoms with Crippen LogP contribution in [0.25, 0.3) is 11.5 Å². The van der Waals surface area contributed by atoms with E-state index in [4.69, 9.17) is 4.52 Å². The maximum absolute atomic E-state index is 13.0. The number of nitrogens with one attached hydrogen (secondary N) is 1. The Morgan fingerprint density at radius 3 is 2.50 bits per heavy atom. The summed E-state index contributed by atoms with van der Waals surface area (Å²) in [5.41, 5.74) is 4.36. The van der Waals surface area contributed by atoms with Crippen LogP contribution in [0.1, 0.15) is 66.6 Å². The number of amides is 1. The van der Waals surface area contributed by atoms with Crippen LogP contribution in [0, 0.1) is 13.8 Å². The Kier molecular flexibility index (Phi) is 5.36. The van der Waals surface area contributed by atoms with Gasteiger partial charge in [0.1, 0.15) is 0 Å². The van der Waals surface area contributed by atoms with E-state index in [1.54, 1.807) is 6.07 Å². The van der Waals surface area contributed by atoms with Gasteiger partial charge in [-0.05, 0) is 44.0 Å². The summed E-state index contributed by atoms with van der Waals surface area (Å²) in [6.45, 7) is 12.2. The summed E-state index contributed by atoms with van der Waals surface area (Å²) >= 11 is 0. The Morgan fingerprint density at radius 2 is 1.82 bits per heavy atom. The first kappa shape index (κ1) is 19.8. The molecule has 1 unspecified atom stereocenters. The van der Waals surface area contributed by atoms with E-state index in [0.29, 0.717) is 22.8 Å². The second kappa shape index (κ2) is 7.58. The molecule has 1 atom stereocenters. The number of aryl methyl sites for hydroxylation is 2. The van der Waals surface area contributed by atoms with Crippen LogP contribution in [-0.2, 0) is 5.41 Å². The molecule has 0 aliphatic heterocycles. The molecule has 5 nitrogen and oxygen atoms in total. The lowest BCUT2D eigenvalue weighted by molar-refractivity contribution is 0.0940. The lowest BCUT2D eigenvalue weighted by atomic mass is 9.96. The zero-order chi connectivity index (χ0) is 20.5. The number of hydrogen-bond acceptors (Lipinski definition) is 4. The molecule has 1 aromatic heterocycles. The molecule has 3 aromatic rings. The molecule has 3 rings (SSSR count). The summed E-state index contributed by atoms with van der Waals surface area (Å²) in [6.07, 6.45) is 0. The summed E-state index contributed by atoms with van der Waals surface area (Å²) in [5.74, 6) is 0.802. The Morgan fingerprint density at radius 1 is 1.11 bits per heavy atom. The Balaban J connectivity index is 1.89. The minimum atomic E-state index is -0.226. The van der Waals surface area contributed by atoms with Gasteiger partial charge < -0.3 is 9.84 Å². The van der Waals surface area contributed by atoms with Gasteiger partial charge in [-0.1, -0.05) is 61.8 Å². The van der Waals surface area contributed by atoms with Crippen LogP contribution in [0.2, 0.25) is 0 Å². The maximum Gasteiger partial charge on any atom is 0.258 e. The molecule has 2 aromatic carbocycles. The second-order valence-electron chi connectivity index (χ2n) is 8.27. The smallest absolute Gasteiger partial charge is 0.258 e. The van der Waals surface area contributed by atoms with E-state index in [0.717, 1.165) is 11.1 Å². The molecule has 0 spiro atoms. The molecule has 0 saturated carbocycles. The van der Waals surface area contributed by atoms with Gasteiger partial charge in [0.15, 0.2) is 5.82 Å². The number of carbonyl (C=O) groups is 1. The standard InChI is InChI=1S/C23H27N3O2/c1-14-11-12-15(2)19(13-14)16(3)24-20(27)17-9-7-8-10-18(17)21-25-22(26-28-21)23(4,5)6/h7-13,16H,1-6H3,(H,24,27). The first-order chi connectivity index (χ1) is 13.2. The molecule has 0 bridgehead atoms. The van der Waals surface area contributed by atoms with Gasteiger partial charge in [0.2, 0.25) is 0 Å². The topological polar surface area (TPSA) is 68.0 Å². The second-order valence-corrected chi connectivity index (χ2v) is 8.27. The number of rotatable bonds is 4. The highest BCUT2D eigenvalue weighted by atomic mass is 16.5. The minimum Gasteiger partial charge on any atom is -0.345 e. The van der Waals surface area contributed by atoms with Gasteiger partial charge >= 0.3 is 0 Å². The molecule has 0 fully saturated rings. The van der Waals surface area contributed by atoms with Gasteiger partial charge in [-0.25, -0.2) is 0 Å². The number of aromatic nitrogens is 2. The largest absolute Gasteiger partial charge is 0.345 e. The van der Waals surface area contributed by atoms with Gasteiger partial charge in [-0.15, -0.1) is 0 Å². The third kappa shape index (κ3) is 4.14. The van der Waals surface area contributed by atoms with Crippen LogP contribution in [0.3, 0.4) is 0 Å². The lowest BCUT2D eigenvalue weighted by Crippen LogP contribution is -2.27. The van der Waals surface area contributed by atoms with Crippen LogP contribution in [0.5, 0.6) is 0 Å². The summed E-state index contributed by atoms with van der Waals surface area (Å²) in [7, 11) is 0. The van der Waals surface area contributed by atoms with E-state index in [1.807, 2.05) is 45.9 Å². The molecular weight excluding hydrogens is 350 g/mol. The normalized spacial score (nSPS) is 12.6. The van der Waals surface area contributed by atoms with Crippen molar-refractivity contribution in [3.05, 3.63) is 70.5 Å². The van der Waals surface area contributed by atoms with Gasteiger partial charge in [0.05, 0.1) is 17.2 Å².